The van der Waals surface area contributed by atoms with E-state index in [4.69, 9.17) is 11.6 Å². The molecule has 2 aliphatic rings. The van der Waals surface area contributed by atoms with Crippen LogP contribution >= 0.6 is 36.4 Å². The Bertz CT molecular complexity index is 1170. The minimum atomic E-state index is -0.0409. The summed E-state index contributed by atoms with van der Waals surface area (Å²) in [4.78, 5) is 16.5. The van der Waals surface area contributed by atoms with Gasteiger partial charge in [0, 0.05) is 50.4 Å². The molecule has 5 rings (SSSR count). The van der Waals surface area contributed by atoms with Crippen LogP contribution in [0, 0.1) is 5.92 Å². The Labute approximate surface area is 224 Å². The van der Waals surface area contributed by atoms with Crippen LogP contribution in [0.1, 0.15) is 38.1 Å². The SMILES string of the molecule is CC(C)C(=O)N1CCN(c2ccc(-c3nnc(C4(c5ccccc5)CC4)n3C)c(Cl)c2)CC1.Cl.Cl. The van der Waals surface area contributed by atoms with Crippen molar-refractivity contribution in [2.45, 2.75) is 32.1 Å². The van der Waals surface area contributed by atoms with Gasteiger partial charge in [0.1, 0.15) is 5.82 Å². The first-order chi connectivity index (χ1) is 15.9. The molecule has 9 heteroatoms. The first-order valence-electron chi connectivity index (χ1n) is 11.7. The highest BCUT2D eigenvalue weighted by molar-refractivity contribution is 6.33. The summed E-state index contributed by atoms with van der Waals surface area (Å²) in [6.45, 7) is 7.00. The Morgan fingerprint density at radius 3 is 2.20 bits per heavy atom. The molecule has 3 aromatic rings. The molecule has 0 unspecified atom stereocenters. The largest absolute Gasteiger partial charge is 0.368 e. The molecule has 0 radical (unpaired) electrons. The van der Waals surface area contributed by atoms with E-state index in [-0.39, 0.29) is 42.1 Å². The van der Waals surface area contributed by atoms with Crippen LogP contribution in [0.3, 0.4) is 0 Å². The fourth-order valence-electron chi connectivity index (χ4n) is 4.94. The number of piperazine rings is 1. The van der Waals surface area contributed by atoms with Crippen LogP contribution in [-0.2, 0) is 17.3 Å². The summed E-state index contributed by atoms with van der Waals surface area (Å²) in [5, 5.41) is 9.81. The van der Waals surface area contributed by atoms with E-state index in [1.165, 1.54) is 5.56 Å². The van der Waals surface area contributed by atoms with Gasteiger partial charge in [-0.05, 0) is 36.6 Å². The third kappa shape index (κ3) is 5.02. The van der Waals surface area contributed by atoms with Gasteiger partial charge >= 0.3 is 0 Å². The molecular formula is C26H32Cl3N5O. The van der Waals surface area contributed by atoms with Gasteiger partial charge < -0.3 is 14.4 Å². The van der Waals surface area contributed by atoms with E-state index < -0.39 is 0 Å². The lowest BCUT2D eigenvalue weighted by molar-refractivity contribution is -0.134. The summed E-state index contributed by atoms with van der Waals surface area (Å²) in [6.07, 6.45) is 2.17. The molecule has 1 amide bonds. The number of rotatable bonds is 5. The topological polar surface area (TPSA) is 54.3 Å². The van der Waals surface area contributed by atoms with Gasteiger partial charge in [-0.1, -0.05) is 55.8 Å². The fraction of sp³-hybridized carbons (Fsp3) is 0.423. The molecule has 1 saturated heterocycles. The molecule has 2 fully saturated rings. The molecule has 0 N–H and O–H groups in total. The van der Waals surface area contributed by atoms with Gasteiger partial charge in [0.2, 0.25) is 5.91 Å². The number of hydrogen-bond donors (Lipinski definition) is 0. The van der Waals surface area contributed by atoms with Crippen molar-refractivity contribution < 1.29 is 4.79 Å². The zero-order chi connectivity index (χ0) is 23.2. The quantitative estimate of drug-likeness (QED) is 0.440. The number of hydrogen-bond acceptors (Lipinski definition) is 4. The van der Waals surface area contributed by atoms with E-state index in [0.29, 0.717) is 5.02 Å². The highest BCUT2D eigenvalue weighted by Gasteiger charge is 2.49. The van der Waals surface area contributed by atoms with Crippen molar-refractivity contribution in [3.05, 3.63) is 64.9 Å². The minimum Gasteiger partial charge on any atom is -0.368 e. The summed E-state index contributed by atoms with van der Waals surface area (Å²) < 4.78 is 2.09. The summed E-state index contributed by atoms with van der Waals surface area (Å²) in [6, 6.07) is 16.7. The molecule has 6 nitrogen and oxygen atoms in total. The van der Waals surface area contributed by atoms with E-state index in [2.05, 4.69) is 50.0 Å². The molecule has 2 heterocycles. The van der Waals surface area contributed by atoms with Crippen LogP contribution in [0.4, 0.5) is 5.69 Å². The lowest BCUT2D eigenvalue weighted by Crippen LogP contribution is -2.49. The second-order valence-corrected chi connectivity index (χ2v) is 9.89. The molecule has 188 valence electrons. The zero-order valence-corrected chi connectivity index (χ0v) is 22.7. The monoisotopic (exact) mass is 535 g/mol. The Morgan fingerprint density at radius 2 is 1.63 bits per heavy atom. The van der Waals surface area contributed by atoms with Crippen molar-refractivity contribution in [3.8, 4) is 11.4 Å². The van der Waals surface area contributed by atoms with Crippen LogP contribution < -0.4 is 4.90 Å². The van der Waals surface area contributed by atoms with E-state index in [0.717, 1.165) is 61.9 Å². The van der Waals surface area contributed by atoms with Gasteiger partial charge in [0.15, 0.2) is 5.82 Å². The minimum absolute atomic E-state index is 0. The van der Waals surface area contributed by atoms with E-state index in [1.54, 1.807) is 0 Å². The molecule has 2 aromatic carbocycles. The maximum absolute atomic E-state index is 12.3. The predicted octanol–water partition coefficient (Wildman–Crippen LogP) is 5.36. The first kappa shape index (κ1) is 27.3. The normalized spacial score (nSPS) is 16.5. The van der Waals surface area contributed by atoms with Crippen LogP contribution in [0.25, 0.3) is 11.4 Å². The molecule has 0 bridgehead atoms. The molecule has 1 aromatic heterocycles. The van der Waals surface area contributed by atoms with Crippen molar-refractivity contribution in [2.24, 2.45) is 13.0 Å². The lowest BCUT2D eigenvalue weighted by Gasteiger charge is -2.37. The number of benzene rings is 2. The third-order valence-corrected chi connectivity index (χ3v) is 7.34. The maximum Gasteiger partial charge on any atom is 0.225 e. The van der Waals surface area contributed by atoms with Gasteiger partial charge in [-0.2, -0.15) is 0 Å². The first-order valence-corrected chi connectivity index (χ1v) is 12.1. The van der Waals surface area contributed by atoms with E-state index in [9.17, 15) is 4.79 Å². The molecular weight excluding hydrogens is 505 g/mol. The van der Waals surface area contributed by atoms with E-state index >= 15 is 0 Å². The number of anilines is 1. The Hall–Kier alpha value is -2.28. The van der Waals surface area contributed by atoms with Crippen molar-refractivity contribution in [1.29, 1.82) is 0 Å². The Kier molecular flexibility index (Phi) is 8.40. The smallest absolute Gasteiger partial charge is 0.225 e. The number of aromatic nitrogens is 3. The Balaban J connectivity index is 0.00000171. The lowest BCUT2D eigenvalue weighted by atomic mass is 9.95. The average molecular weight is 537 g/mol. The van der Waals surface area contributed by atoms with Crippen LogP contribution in [0.2, 0.25) is 5.02 Å². The molecule has 0 atom stereocenters. The summed E-state index contributed by atoms with van der Waals surface area (Å²) in [7, 11) is 2.03. The number of carbonyl (C=O) groups is 1. The standard InChI is InChI=1S/C26H30ClN5O.2ClH/c1-18(2)24(33)32-15-13-31(14-16-32)20-9-10-21(22(27)17-20)23-28-29-25(30(23)3)26(11-12-26)19-7-5-4-6-8-19;;/h4-10,17-18H,11-16H2,1-3H3;2*1H. The second kappa shape index (κ2) is 10.8. The second-order valence-electron chi connectivity index (χ2n) is 9.49. The molecule has 1 aliphatic heterocycles. The number of nitrogens with zero attached hydrogens (tertiary/aromatic N) is 5. The zero-order valence-electron chi connectivity index (χ0n) is 20.3. The molecule has 1 saturated carbocycles. The Morgan fingerprint density at radius 1 is 0.971 bits per heavy atom. The molecule has 1 aliphatic carbocycles. The maximum atomic E-state index is 12.3. The van der Waals surface area contributed by atoms with Crippen molar-refractivity contribution in [2.75, 3.05) is 31.1 Å². The van der Waals surface area contributed by atoms with Gasteiger partial charge in [-0.3, -0.25) is 4.79 Å². The van der Waals surface area contributed by atoms with Gasteiger partial charge in [-0.15, -0.1) is 35.0 Å². The van der Waals surface area contributed by atoms with Crippen molar-refractivity contribution >= 4 is 48.0 Å². The fourth-order valence-corrected chi connectivity index (χ4v) is 5.20. The highest BCUT2D eigenvalue weighted by atomic mass is 35.5. The third-order valence-electron chi connectivity index (χ3n) is 7.02. The van der Waals surface area contributed by atoms with Gasteiger partial charge in [-0.25, -0.2) is 0 Å². The molecule has 0 spiro atoms. The average Bonchev–Trinajstić information content (AvgIpc) is 3.55. The number of carbonyl (C=O) groups excluding carboxylic acids is 1. The number of halogens is 3. The number of amides is 1. The summed E-state index contributed by atoms with van der Waals surface area (Å²) >= 11 is 6.76. The van der Waals surface area contributed by atoms with Crippen LogP contribution in [0.5, 0.6) is 0 Å². The summed E-state index contributed by atoms with van der Waals surface area (Å²) in [5.74, 6) is 2.05. The van der Waals surface area contributed by atoms with E-state index in [1.807, 2.05) is 44.0 Å². The highest BCUT2D eigenvalue weighted by Crippen LogP contribution is 2.53. The van der Waals surface area contributed by atoms with Crippen LogP contribution in [0.15, 0.2) is 48.5 Å². The predicted molar refractivity (Wildman–Crippen MR) is 146 cm³/mol. The van der Waals surface area contributed by atoms with Crippen molar-refractivity contribution in [1.82, 2.24) is 19.7 Å². The summed E-state index contributed by atoms with van der Waals surface area (Å²) in [5.41, 5.74) is 3.22. The van der Waals surface area contributed by atoms with Crippen molar-refractivity contribution in [3.63, 3.8) is 0 Å². The molecule has 35 heavy (non-hydrogen) atoms. The van der Waals surface area contributed by atoms with Gasteiger partial charge in [0.25, 0.3) is 0 Å². The van der Waals surface area contributed by atoms with Crippen LogP contribution in [-0.4, -0.2) is 51.8 Å². The van der Waals surface area contributed by atoms with Gasteiger partial charge in [0.05, 0.1) is 10.4 Å².